The number of hydrogen-bond donors (Lipinski definition) is 0. The number of fused-ring (bicyclic) bond motifs is 1. The van der Waals surface area contributed by atoms with Gasteiger partial charge in [0.25, 0.3) is 0 Å². The van der Waals surface area contributed by atoms with Crippen LogP contribution in [-0.4, -0.2) is 11.7 Å². The Hall–Kier alpha value is -0.810. The smallest absolute Gasteiger partial charge is 0.109 e. The number of nitriles is 1. The van der Waals surface area contributed by atoms with Crippen LogP contribution in [0.3, 0.4) is 0 Å². The molecule has 2 unspecified atom stereocenters. The molecule has 0 aromatic heterocycles. The summed E-state index contributed by atoms with van der Waals surface area (Å²) in [7, 11) is 0. The normalized spacial score (nSPS) is 42.4. The molecule has 76 valence electrons. The molecule has 1 saturated heterocycles. The molecule has 2 nitrogen and oxygen atoms in total. The Labute approximate surface area is 85.6 Å². The number of hydrogen-bond acceptors (Lipinski definition) is 2. The second-order valence-electron chi connectivity index (χ2n) is 5.59. The van der Waals surface area contributed by atoms with Gasteiger partial charge in [0, 0.05) is 5.57 Å². The van der Waals surface area contributed by atoms with E-state index >= 15 is 0 Å². The van der Waals surface area contributed by atoms with Gasteiger partial charge in [-0.05, 0) is 37.7 Å². The molecule has 0 bridgehead atoms. The summed E-state index contributed by atoms with van der Waals surface area (Å²) >= 11 is 0. The first-order valence-corrected chi connectivity index (χ1v) is 5.15. The lowest BCUT2D eigenvalue weighted by Gasteiger charge is -2.32. The Morgan fingerprint density at radius 1 is 1.50 bits per heavy atom. The van der Waals surface area contributed by atoms with Crippen LogP contribution >= 0.6 is 0 Å². The van der Waals surface area contributed by atoms with Gasteiger partial charge in [-0.3, -0.25) is 0 Å². The van der Waals surface area contributed by atoms with Crippen LogP contribution in [0.4, 0.5) is 0 Å². The Morgan fingerprint density at radius 2 is 2.14 bits per heavy atom. The fourth-order valence-corrected chi connectivity index (χ4v) is 2.83. The molecule has 0 aromatic carbocycles. The van der Waals surface area contributed by atoms with Gasteiger partial charge in [0.15, 0.2) is 0 Å². The minimum Gasteiger partial charge on any atom is -0.362 e. The molecule has 0 N–H and O–H groups in total. The van der Waals surface area contributed by atoms with Gasteiger partial charge in [-0.15, -0.1) is 0 Å². The molecule has 2 atom stereocenters. The van der Waals surface area contributed by atoms with E-state index < -0.39 is 0 Å². The predicted molar refractivity (Wildman–Crippen MR) is 54.6 cm³/mol. The molecule has 0 aromatic rings. The summed E-state index contributed by atoms with van der Waals surface area (Å²) in [6.45, 7) is 8.56. The van der Waals surface area contributed by atoms with E-state index in [9.17, 15) is 0 Å². The average molecular weight is 191 g/mol. The second-order valence-corrected chi connectivity index (χ2v) is 5.59. The highest BCUT2D eigenvalue weighted by molar-refractivity contribution is 5.37. The SMILES string of the molecule is C/C(C#N)=C1\CC(C)(C)CC2(C)OC12. The average Bonchev–Trinajstić information content (AvgIpc) is 2.71. The Morgan fingerprint density at radius 3 is 2.71 bits per heavy atom. The molecule has 2 rings (SSSR count). The maximum Gasteiger partial charge on any atom is 0.109 e. The molecule has 1 heterocycles. The summed E-state index contributed by atoms with van der Waals surface area (Å²) in [4.78, 5) is 0. The summed E-state index contributed by atoms with van der Waals surface area (Å²) in [5, 5.41) is 8.91. The predicted octanol–water partition coefficient (Wildman–Crippen LogP) is 2.80. The quantitative estimate of drug-likeness (QED) is 0.436. The largest absolute Gasteiger partial charge is 0.362 e. The highest BCUT2D eigenvalue weighted by Gasteiger charge is 2.60. The van der Waals surface area contributed by atoms with Crippen LogP contribution in [-0.2, 0) is 4.74 Å². The van der Waals surface area contributed by atoms with E-state index in [-0.39, 0.29) is 17.1 Å². The van der Waals surface area contributed by atoms with Crippen molar-refractivity contribution < 1.29 is 4.74 Å². The van der Waals surface area contributed by atoms with E-state index in [0.29, 0.717) is 0 Å². The van der Waals surface area contributed by atoms with Crippen molar-refractivity contribution in [1.29, 1.82) is 5.26 Å². The third kappa shape index (κ3) is 1.36. The van der Waals surface area contributed by atoms with E-state index in [2.05, 4.69) is 26.8 Å². The topological polar surface area (TPSA) is 36.3 Å². The van der Waals surface area contributed by atoms with Crippen molar-refractivity contribution in [2.24, 2.45) is 5.41 Å². The van der Waals surface area contributed by atoms with E-state index in [1.165, 1.54) is 5.57 Å². The minimum absolute atomic E-state index is 0.0230. The second kappa shape index (κ2) is 2.61. The molecular weight excluding hydrogens is 174 g/mol. The van der Waals surface area contributed by atoms with Gasteiger partial charge in [-0.1, -0.05) is 13.8 Å². The Kier molecular flexibility index (Phi) is 1.81. The zero-order chi connectivity index (χ0) is 10.6. The van der Waals surface area contributed by atoms with E-state index in [0.717, 1.165) is 18.4 Å². The van der Waals surface area contributed by atoms with Crippen molar-refractivity contribution in [3.05, 3.63) is 11.1 Å². The summed E-state index contributed by atoms with van der Waals surface area (Å²) in [6, 6.07) is 2.25. The fourth-order valence-electron chi connectivity index (χ4n) is 2.83. The highest BCUT2D eigenvalue weighted by Crippen LogP contribution is 2.56. The fraction of sp³-hybridized carbons (Fsp3) is 0.750. The van der Waals surface area contributed by atoms with Crippen LogP contribution in [0.5, 0.6) is 0 Å². The third-order valence-electron chi connectivity index (χ3n) is 3.35. The number of ether oxygens (including phenoxy) is 1. The lowest BCUT2D eigenvalue weighted by atomic mass is 9.70. The third-order valence-corrected chi connectivity index (χ3v) is 3.35. The number of allylic oxidation sites excluding steroid dienone is 1. The van der Waals surface area contributed by atoms with Gasteiger partial charge in [-0.2, -0.15) is 5.26 Å². The molecule has 14 heavy (non-hydrogen) atoms. The van der Waals surface area contributed by atoms with Gasteiger partial charge >= 0.3 is 0 Å². The van der Waals surface area contributed by atoms with E-state index in [1.807, 2.05) is 6.92 Å². The zero-order valence-electron chi connectivity index (χ0n) is 9.35. The molecule has 1 saturated carbocycles. The number of rotatable bonds is 0. The van der Waals surface area contributed by atoms with Gasteiger partial charge in [-0.25, -0.2) is 0 Å². The first kappa shape index (κ1) is 9.73. The molecule has 2 aliphatic rings. The lowest BCUT2D eigenvalue weighted by Crippen LogP contribution is -2.30. The van der Waals surface area contributed by atoms with Crippen LogP contribution in [0.2, 0.25) is 0 Å². The highest BCUT2D eigenvalue weighted by atomic mass is 16.6. The summed E-state index contributed by atoms with van der Waals surface area (Å²) in [5.41, 5.74) is 2.38. The number of nitrogens with zero attached hydrogens (tertiary/aromatic N) is 1. The van der Waals surface area contributed by atoms with Crippen LogP contribution < -0.4 is 0 Å². The van der Waals surface area contributed by atoms with E-state index in [1.54, 1.807) is 0 Å². The first-order chi connectivity index (χ1) is 6.38. The zero-order valence-corrected chi connectivity index (χ0v) is 9.35. The maximum atomic E-state index is 8.91. The van der Waals surface area contributed by atoms with Crippen LogP contribution in [0, 0.1) is 16.7 Å². The van der Waals surface area contributed by atoms with Gasteiger partial charge in [0.1, 0.15) is 6.10 Å². The van der Waals surface area contributed by atoms with Crippen molar-refractivity contribution in [2.75, 3.05) is 0 Å². The Bertz CT molecular complexity index is 345. The van der Waals surface area contributed by atoms with Gasteiger partial charge < -0.3 is 4.74 Å². The van der Waals surface area contributed by atoms with Crippen molar-refractivity contribution in [3.8, 4) is 6.07 Å². The van der Waals surface area contributed by atoms with Gasteiger partial charge in [0.2, 0.25) is 0 Å². The monoisotopic (exact) mass is 191 g/mol. The van der Waals surface area contributed by atoms with Gasteiger partial charge in [0.05, 0.1) is 11.7 Å². The van der Waals surface area contributed by atoms with E-state index in [4.69, 9.17) is 10.00 Å². The number of epoxide rings is 1. The molecule has 0 radical (unpaired) electrons. The lowest BCUT2D eigenvalue weighted by molar-refractivity contribution is 0.219. The van der Waals surface area contributed by atoms with Crippen LogP contribution in [0.1, 0.15) is 40.5 Å². The maximum absolute atomic E-state index is 8.91. The first-order valence-electron chi connectivity index (χ1n) is 5.15. The summed E-state index contributed by atoms with van der Waals surface area (Å²) < 4.78 is 5.73. The summed E-state index contributed by atoms with van der Waals surface area (Å²) in [5.74, 6) is 0. The molecular formula is C12H17NO. The van der Waals surface area contributed by atoms with Crippen molar-refractivity contribution in [3.63, 3.8) is 0 Å². The minimum atomic E-state index is 0.0230. The van der Waals surface area contributed by atoms with Crippen molar-refractivity contribution in [1.82, 2.24) is 0 Å². The standard InChI is InChI=1S/C12H17NO/c1-8(6-13)9-5-11(2,3)7-12(4)10(9)14-12/h10H,5,7H2,1-4H3/b9-8-. The molecule has 1 aliphatic heterocycles. The van der Waals surface area contributed by atoms with Crippen molar-refractivity contribution in [2.45, 2.75) is 52.2 Å². The molecule has 2 heteroatoms. The Balaban J connectivity index is 2.35. The molecule has 0 amide bonds. The van der Waals surface area contributed by atoms with Crippen LogP contribution in [0.15, 0.2) is 11.1 Å². The van der Waals surface area contributed by atoms with Crippen LogP contribution in [0.25, 0.3) is 0 Å². The summed E-state index contributed by atoms with van der Waals surface area (Å²) in [6.07, 6.45) is 2.34. The molecule has 0 spiro atoms. The molecule has 2 fully saturated rings. The molecule has 1 aliphatic carbocycles. The van der Waals surface area contributed by atoms with Crippen molar-refractivity contribution >= 4 is 0 Å².